The third kappa shape index (κ3) is 2.48. The molecule has 2 N–H and O–H groups in total. The van der Waals surface area contributed by atoms with Crippen molar-refractivity contribution in [2.24, 2.45) is 5.73 Å². The van der Waals surface area contributed by atoms with Crippen molar-refractivity contribution in [3.8, 4) is 0 Å². The summed E-state index contributed by atoms with van der Waals surface area (Å²) in [4.78, 5) is 11.3. The Morgan fingerprint density at radius 3 is 3.05 bits per heavy atom. The SMILES string of the molecule is CN(Cc1cscn1)c1nc2c(cc1CN)CCC2. The van der Waals surface area contributed by atoms with Gasteiger partial charge in [-0.15, -0.1) is 11.3 Å². The summed E-state index contributed by atoms with van der Waals surface area (Å²) in [5.41, 5.74) is 12.6. The van der Waals surface area contributed by atoms with Gasteiger partial charge in [-0.3, -0.25) is 0 Å². The molecule has 5 heteroatoms. The highest BCUT2D eigenvalue weighted by Crippen LogP contribution is 2.27. The first-order valence-electron chi connectivity index (χ1n) is 6.58. The van der Waals surface area contributed by atoms with Gasteiger partial charge in [0.15, 0.2) is 0 Å². The van der Waals surface area contributed by atoms with E-state index in [1.807, 2.05) is 5.51 Å². The Bertz CT molecular complexity index is 565. The lowest BCUT2D eigenvalue weighted by molar-refractivity contribution is 0.844. The minimum absolute atomic E-state index is 0.539. The van der Waals surface area contributed by atoms with Gasteiger partial charge in [-0.2, -0.15) is 0 Å². The van der Waals surface area contributed by atoms with Crippen LogP contribution in [-0.4, -0.2) is 17.0 Å². The third-order valence-corrected chi connectivity index (χ3v) is 4.21. The molecule has 0 aliphatic heterocycles. The van der Waals surface area contributed by atoms with Gasteiger partial charge in [-0.25, -0.2) is 9.97 Å². The summed E-state index contributed by atoms with van der Waals surface area (Å²) in [6.07, 6.45) is 3.45. The Labute approximate surface area is 117 Å². The fourth-order valence-corrected chi connectivity index (χ4v) is 3.17. The molecule has 0 radical (unpaired) electrons. The van der Waals surface area contributed by atoms with E-state index < -0.39 is 0 Å². The summed E-state index contributed by atoms with van der Waals surface area (Å²) >= 11 is 1.62. The van der Waals surface area contributed by atoms with Crippen molar-refractivity contribution >= 4 is 17.2 Å². The maximum atomic E-state index is 5.88. The van der Waals surface area contributed by atoms with E-state index in [-0.39, 0.29) is 0 Å². The minimum atomic E-state index is 0.539. The normalized spacial score (nSPS) is 13.6. The van der Waals surface area contributed by atoms with Gasteiger partial charge < -0.3 is 10.6 Å². The predicted octanol–water partition coefficient (Wildman–Crippen LogP) is 2.12. The number of anilines is 1. The van der Waals surface area contributed by atoms with Gasteiger partial charge in [0.05, 0.1) is 17.7 Å². The molecule has 2 aromatic heterocycles. The van der Waals surface area contributed by atoms with Crippen LogP contribution in [0.3, 0.4) is 0 Å². The molecule has 0 unspecified atom stereocenters. The van der Waals surface area contributed by atoms with E-state index in [0.29, 0.717) is 6.54 Å². The molecule has 0 saturated carbocycles. The van der Waals surface area contributed by atoms with Crippen LogP contribution >= 0.6 is 11.3 Å². The van der Waals surface area contributed by atoms with Gasteiger partial charge in [-0.1, -0.05) is 0 Å². The van der Waals surface area contributed by atoms with Crippen molar-refractivity contribution in [3.05, 3.63) is 39.5 Å². The zero-order valence-electron chi connectivity index (χ0n) is 11.1. The number of rotatable bonds is 4. The molecule has 4 nitrogen and oxygen atoms in total. The quantitative estimate of drug-likeness (QED) is 0.928. The van der Waals surface area contributed by atoms with E-state index in [1.165, 1.54) is 17.7 Å². The van der Waals surface area contributed by atoms with Gasteiger partial charge >= 0.3 is 0 Å². The summed E-state index contributed by atoms with van der Waals surface area (Å²) in [7, 11) is 2.06. The minimum Gasteiger partial charge on any atom is -0.353 e. The number of hydrogen-bond acceptors (Lipinski definition) is 5. The Hall–Kier alpha value is -1.46. The number of pyridine rings is 1. The van der Waals surface area contributed by atoms with Crippen LogP contribution in [-0.2, 0) is 25.9 Å². The molecule has 3 rings (SSSR count). The molecule has 0 atom stereocenters. The first kappa shape index (κ1) is 12.6. The zero-order chi connectivity index (χ0) is 13.2. The molecule has 0 fully saturated rings. The molecular weight excluding hydrogens is 256 g/mol. The molecule has 2 aromatic rings. The number of thiazole rings is 1. The van der Waals surface area contributed by atoms with Crippen LogP contribution in [0.25, 0.3) is 0 Å². The van der Waals surface area contributed by atoms with Gasteiger partial charge in [0, 0.05) is 30.2 Å². The van der Waals surface area contributed by atoms with Crippen molar-refractivity contribution in [2.75, 3.05) is 11.9 Å². The average Bonchev–Trinajstić information content (AvgIpc) is 3.07. The summed E-state index contributed by atoms with van der Waals surface area (Å²) in [6.45, 7) is 1.32. The molecule has 0 aromatic carbocycles. The predicted molar refractivity (Wildman–Crippen MR) is 78.4 cm³/mol. The lowest BCUT2D eigenvalue weighted by Crippen LogP contribution is -2.21. The first-order valence-corrected chi connectivity index (χ1v) is 7.52. The molecule has 1 aliphatic carbocycles. The van der Waals surface area contributed by atoms with Crippen molar-refractivity contribution in [3.63, 3.8) is 0 Å². The highest BCUT2D eigenvalue weighted by Gasteiger charge is 2.18. The van der Waals surface area contributed by atoms with Crippen molar-refractivity contribution in [2.45, 2.75) is 32.4 Å². The van der Waals surface area contributed by atoms with Gasteiger partial charge in [-0.05, 0) is 30.9 Å². The van der Waals surface area contributed by atoms with Crippen LogP contribution in [0.1, 0.15) is 28.9 Å². The molecule has 0 spiro atoms. The van der Waals surface area contributed by atoms with Crippen LogP contribution < -0.4 is 10.6 Å². The number of aryl methyl sites for hydroxylation is 2. The first-order chi connectivity index (χ1) is 9.28. The van der Waals surface area contributed by atoms with E-state index in [1.54, 1.807) is 11.3 Å². The largest absolute Gasteiger partial charge is 0.353 e. The highest BCUT2D eigenvalue weighted by molar-refractivity contribution is 7.07. The maximum absolute atomic E-state index is 5.88. The van der Waals surface area contributed by atoms with Crippen LogP contribution in [0.2, 0.25) is 0 Å². The second kappa shape index (κ2) is 5.27. The molecule has 100 valence electrons. The van der Waals surface area contributed by atoms with Crippen molar-refractivity contribution in [1.82, 2.24) is 9.97 Å². The number of aromatic nitrogens is 2. The van der Waals surface area contributed by atoms with Gasteiger partial charge in [0.25, 0.3) is 0 Å². The molecule has 0 bridgehead atoms. The summed E-state index contributed by atoms with van der Waals surface area (Å²) in [5.74, 6) is 1.01. The lowest BCUT2D eigenvalue weighted by atomic mass is 10.1. The third-order valence-electron chi connectivity index (χ3n) is 3.57. The van der Waals surface area contributed by atoms with Crippen LogP contribution in [0.15, 0.2) is 17.0 Å². The summed E-state index contributed by atoms with van der Waals surface area (Å²) < 4.78 is 0. The van der Waals surface area contributed by atoms with Crippen molar-refractivity contribution < 1.29 is 0 Å². The Kier molecular flexibility index (Phi) is 3.48. The fourth-order valence-electron chi connectivity index (χ4n) is 2.62. The topological polar surface area (TPSA) is 55.0 Å². The summed E-state index contributed by atoms with van der Waals surface area (Å²) in [6, 6.07) is 2.24. The van der Waals surface area contributed by atoms with Crippen LogP contribution in [0.5, 0.6) is 0 Å². The number of nitrogens with two attached hydrogens (primary N) is 1. The molecule has 2 heterocycles. The van der Waals surface area contributed by atoms with E-state index in [4.69, 9.17) is 10.7 Å². The Morgan fingerprint density at radius 2 is 2.32 bits per heavy atom. The number of hydrogen-bond donors (Lipinski definition) is 1. The summed E-state index contributed by atoms with van der Waals surface area (Å²) in [5, 5.41) is 2.08. The number of nitrogens with zero attached hydrogens (tertiary/aromatic N) is 3. The van der Waals surface area contributed by atoms with E-state index in [2.05, 4.69) is 28.4 Å². The van der Waals surface area contributed by atoms with Crippen LogP contribution in [0, 0.1) is 0 Å². The van der Waals surface area contributed by atoms with Gasteiger partial charge in [0.1, 0.15) is 5.82 Å². The lowest BCUT2D eigenvalue weighted by Gasteiger charge is -2.21. The second-order valence-electron chi connectivity index (χ2n) is 4.97. The second-order valence-corrected chi connectivity index (χ2v) is 5.69. The maximum Gasteiger partial charge on any atom is 0.133 e. The highest BCUT2D eigenvalue weighted by atomic mass is 32.1. The molecule has 0 amide bonds. The fraction of sp³-hybridized carbons (Fsp3) is 0.429. The molecule has 1 aliphatic rings. The molecule has 0 saturated heterocycles. The smallest absolute Gasteiger partial charge is 0.133 e. The Balaban J connectivity index is 1.90. The zero-order valence-corrected chi connectivity index (χ0v) is 11.9. The Morgan fingerprint density at radius 1 is 1.42 bits per heavy atom. The van der Waals surface area contributed by atoms with E-state index in [0.717, 1.165) is 36.5 Å². The number of fused-ring (bicyclic) bond motifs is 1. The van der Waals surface area contributed by atoms with Gasteiger partial charge in [0.2, 0.25) is 0 Å². The monoisotopic (exact) mass is 274 g/mol. The molecular formula is C14H18N4S. The standard InChI is InChI=1S/C14H18N4S/c1-18(7-12-8-19-9-16-12)14-11(6-15)5-10-3-2-4-13(10)17-14/h5,8-9H,2-4,6-7,15H2,1H3. The van der Waals surface area contributed by atoms with Crippen molar-refractivity contribution in [1.29, 1.82) is 0 Å². The van der Waals surface area contributed by atoms with E-state index >= 15 is 0 Å². The van der Waals surface area contributed by atoms with E-state index in [9.17, 15) is 0 Å². The molecule has 19 heavy (non-hydrogen) atoms. The average molecular weight is 274 g/mol. The van der Waals surface area contributed by atoms with Crippen LogP contribution in [0.4, 0.5) is 5.82 Å².